The number of carboxylic acid groups (broad SMARTS) is 1. The molecule has 6 nitrogen and oxygen atoms in total. The molecule has 0 saturated carbocycles. The van der Waals surface area contributed by atoms with Crippen LogP contribution in [0.1, 0.15) is 54.2 Å². The highest BCUT2D eigenvalue weighted by atomic mass is 16.6. The Kier molecular flexibility index (Phi) is 6.78. The van der Waals surface area contributed by atoms with Gasteiger partial charge in [-0.05, 0) is 62.4 Å². The molecule has 0 radical (unpaired) electrons. The summed E-state index contributed by atoms with van der Waals surface area (Å²) in [6.45, 7) is 6.32. The van der Waals surface area contributed by atoms with Gasteiger partial charge in [0.15, 0.2) is 0 Å². The summed E-state index contributed by atoms with van der Waals surface area (Å²) >= 11 is 0. The van der Waals surface area contributed by atoms with Gasteiger partial charge in [-0.1, -0.05) is 36.4 Å². The fraction of sp³-hybridized carbons (Fsp3) is 0.400. The highest BCUT2D eigenvalue weighted by Gasteiger charge is 2.31. The van der Waals surface area contributed by atoms with E-state index in [1.165, 1.54) is 0 Å². The van der Waals surface area contributed by atoms with Crippen LogP contribution in [0.5, 0.6) is 0 Å². The van der Waals surface area contributed by atoms with E-state index in [1.54, 1.807) is 37.8 Å². The van der Waals surface area contributed by atoms with Crippen molar-refractivity contribution in [3.05, 3.63) is 70.8 Å². The van der Waals surface area contributed by atoms with Crippen molar-refractivity contribution < 1.29 is 24.2 Å². The van der Waals surface area contributed by atoms with E-state index in [0.29, 0.717) is 31.5 Å². The molecule has 0 spiro atoms. The number of amides is 1. The smallest absolute Gasteiger partial charge is 0.338 e. The second-order valence-electron chi connectivity index (χ2n) is 8.98. The van der Waals surface area contributed by atoms with Crippen molar-refractivity contribution in [2.45, 2.75) is 52.2 Å². The number of esters is 1. The van der Waals surface area contributed by atoms with Crippen molar-refractivity contribution in [2.75, 3.05) is 6.54 Å². The van der Waals surface area contributed by atoms with E-state index in [-0.39, 0.29) is 12.3 Å². The lowest BCUT2D eigenvalue weighted by molar-refractivity contribution is -0.144. The largest absolute Gasteiger partial charge is 0.481 e. The van der Waals surface area contributed by atoms with Gasteiger partial charge in [0.05, 0.1) is 17.9 Å². The van der Waals surface area contributed by atoms with Crippen molar-refractivity contribution in [2.24, 2.45) is 5.92 Å². The summed E-state index contributed by atoms with van der Waals surface area (Å²) in [5.41, 5.74) is 2.68. The third-order valence-electron chi connectivity index (χ3n) is 5.26. The Morgan fingerprint density at radius 3 is 2.45 bits per heavy atom. The maximum Gasteiger partial charge on any atom is 0.338 e. The molecular weight excluding hydrogens is 394 g/mol. The molecule has 1 heterocycles. The molecule has 164 valence electrons. The average molecular weight is 424 g/mol. The molecule has 0 fully saturated rings. The van der Waals surface area contributed by atoms with E-state index in [2.05, 4.69) is 0 Å². The molecule has 31 heavy (non-hydrogen) atoms. The molecule has 1 aliphatic heterocycles. The number of carbonyl (C=O) groups excluding carboxylic acids is 2. The zero-order valence-electron chi connectivity index (χ0n) is 18.3. The number of ether oxygens (including phenoxy) is 1. The van der Waals surface area contributed by atoms with Crippen LogP contribution in [0, 0.1) is 5.92 Å². The van der Waals surface area contributed by atoms with Crippen molar-refractivity contribution in [3.63, 3.8) is 0 Å². The van der Waals surface area contributed by atoms with Gasteiger partial charge in [0.25, 0.3) is 0 Å². The number of benzene rings is 2. The van der Waals surface area contributed by atoms with Crippen LogP contribution in [0.25, 0.3) is 0 Å². The van der Waals surface area contributed by atoms with Crippen LogP contribution < -0.4 is 0 Å². The summed E-state index contributed by atoms with van der Waals surface area (Å²) in [6.07, 6.45) is 0.743. The van der Waals surface area contributed by atoms with Crippen LogP contribution >= 0.6 is 0 Å². The van der Waals surface area contributed by atoms with E-state index in [1.807, 2.05) is 36.4 Å². The highest BCUT2D eigenvalue weighted by Crippen LogP contribution is 2.27. The summed E-state index contributed by atoms with van der Waals surface area (Å²) in [7, 11) is 0. The number of carboxylic acids is 1. The molecular formula is C25H29NO5. The van der Waals surface area contributed by atoms with Crippen LogP contribution in [0.15, 0.2) is 48.5 Å². The van der Waals surface area contributed by atoms with E-state index >= 15 is 0 Å². The molecule has 1 aliphatic rings. The standard InChI is InChI=1S/C25H29NO5/c1-25(2,3)31-24(30)18-9-10-19-16-26(12-11-17-7-5-4-6-8-17)23(29)21(15-22(27)28)14-20(19)13-18/h4-10,13,21H,11-12,14-16H2,1-3H3,(H,27,28). The van der Waals surface area contributed by atoms with Crippen LogP contribution in [-0.2, 0) is 33.7 Å². The molecule has 1 atom stereocenters. The molecule has 3 rings (SSSR count). The highest BCUT2D eigenvalue weighted by molar-refractivity contribution is 5.90. The summed E-state index contributed by atoms with van der Waals surface area (Å²) in [6, 6.07) is 15.2. The Morgan fingerprint density at radius 1 is 1.10 bits per heavy atom. The number of hydrogen-bond acceptors (Lipinski definition) is 4. The number of nitrogens with zero attached hydrogens (tertiary/aromatic N) is 1. The number of hydrogen-bond donors (Lipinski definition) is 1. The quantitative estimate of drug-likeness (QED) is 0.714. The van der Waals surface area contributed by atoms with E-state index in [4.69, 9.17) is 4.74 Å². The molecule has 0 saturated heterocycles. The van der Waals surface area contributed by atoms with Crippen LogP contribution in [0.3, 0.4) is 0 Å². The van der Waals surface area contributed by atoms with Gasteiger partial charge in [0, 0.05) is 13.1 Å². The summed E-state index contributed by atoms with van der Waals surface area (Å²) in [4.78, 5) is 38.8. The predicted octanol–water partition coefficient (Wildman–Crippen LogP) is 3.86. The van der Waals surface area contributed by atoms with Crippen LogP contribution in [0.2, 0.25) is 0 Å². The fourth-order valence-corrected chi connectivity index (χ4v) is 3.80. The Morgan fingerprint density at radius 2 is 1.81 bits per heavy atom. The summed E-state index contributed by atoms with van der Waals surface area (Å²) < 4.78 is 5.46. The van der Waals surface area contributed by atoms with Crippen molar-refractivity contribution in [1.29, 1.82) is 0 Å². The molecule has 1 N–H and O–H groups in total. The predicted molar refractivity (Wildman–Crippen MR) is 117 cm³/mol. The third-order valence-corrected chi connectivity index (χ3v) is 5.26. The molecule has 0 aliphatic carbocycles. The lowest BCUT2D eigenvalue weighted by Gasteiger charge is -2.24. The molecule has 0 aromatic heterocycles. The maximum atomic E-state index is 13.1. The van der Waals surface area contributed by atoms with E-state index in [9.17, 15) is 19.5 Å². The Balaban J connectivity index is 1.86. The Bertz CT molecular complexity index is 962. The topological polar surface area (TPSA) is 83.9 Å². The Hall–Kier alpha value is -3.15. The minimum Gasteiger partial charge on any atom is -0.481 e. The molecule has 0 bridgehead atoms. The van der Waals surface area contributed by atoms with Crippen LogP contribution in [-0.4, -0.2) is 40.0 Å². The minimum atomic E-state index is -1.01. The fourth-order valence-electron chi connectivity index (χ4n) is 3.80. The average Bonchev–Trinajstić information content (AvgIpc) is 2.82. The number of carbonyl (C=O) groups is 3. The number of aliphatic carboxylic acids is 1. The Labute approximate surface area is 182 Å². The zero-order valence-corrected chi connectivity index (χ0v) is 18.3. The van der Waals surface area contributed by atoms with Gasteiger partial charge in [-0.3, -0.25) is 9.59 Å². The number of fused-ring (bicyclic) bond motifs is 1. The maximum absolute atomic E-state index is 13.1. The van der Waals surface area contributed by atoms with Crippen molar-refractivity contribution in [3.8, 4) is 0 Å². The van der Waals surface area contributed by atoms with Gasteiger partial charge in [0.2, 0.25) is 5.91 Å². The van der Waals surface area contributed by atoms with Gasteiger partial charge in [-0.2, -0.15) is 0 Å². The molecule has 2 aromatic carbocycles. The number of rotatable bonds is 6. The SMILES string of the molecule is CC(C)(C)OC(=O)c1ccc2c(c1)CC(CC(=O)O)C(=O)N(CCc1ccccc1)C2. The molecule has 2 aromatic rings. The van der Waals surface area contributed by atoms with Crippen LogP contribution in [0.4, 0.5) is 0 Å². The van der Waals surface area contributed by atoms with Gasteiger partial charge in [-0.25, -0.2) is 4.79 Å². The van der Waals surface area contributed by atoms with Gasteiger partial charge in [0.1, 0.15) is 5.60 Å². The van der Waals surface area contributed by atoms with Crippen molar-refractivity contribution >= 4 is 17.8 Å². The van der Waals surface area contributed by atoms with E-state index in [0.717, 1.165) is 16.7 Å². The first-order chi connectivity index (χ1) is 14.6. The van der Waals surface area contributed by atoms with Gasteiger partial charge >= 0.3 is 11.9 Å². The molecule has 1 unspecified atom stereocenters. The second-order valence-corrected chi connectivity index (χ2v) is 8.98. The first-order valence-corrected chi connectivity index (χ1v) is 10.5. The lowest BCUT2D eigenvalue weighted by Crippen LogP contribution is -2.37. The molecule has 1 amide bonds. The first kappa shape index (κ1) is 22.5. The molecule has 6 heteroatoms. The minimum absolute atomic E-state index is 0.159. The zero-order chi connectivity index (χ0) is 22.6. The summed E-state index contributed by atoms with van der Waals surface area (Å²) in [5, 5.41) is 9.34. The van der Waals surface area contributed by atoms with Gasteiger partial charge in [-0.15, -0.1) is 0 Å². The van der Waals surface area contributed by atoms with Gasteiger partial charge < -0.3 is 14.7 Å². The second kappa shape index (κ2) is 9.33. The lowest BCUT2D eigenvalue weighted by atomic mass is 9.93. The monoisotopic (exact) mass is 423 g/mol. The first-order valence-electron chi connectivity index (χ1n) is 10.5. The normalized spacial score (nSPS) is 16.4. The van der Waals surface area contributed by atoms with Crippen molar-refractivity contribution in [1.82, 2.24) is 4.90 Å². The summed E-state index contributed by atoms with van der Waals surface area (Å²) in [5.74, 6) is -2.26. The third kappa shape index (κ3) is 6.17. The van der Waals surface area contributed by atoms with E-state index < -0.39 is 23.5 Å².